The van der Waals surface area contributed by atoms with Crippen LogP contribution in [0.1, 0.15) is 52.9 Å². The molecule has 1 fully saturated rings. The molecule has 1 unspecified atom stereocenters. The molecule has 3 heteroatoms. The van der Waals surface area contributed by atoms with Crippen LogP contribution in [-0.4, -0.2) is 62.2 Å². The molecule has 0 amide bonds. The number of likely N-dealkylation sites (tertiary alicyclic amines) is 1. The first-order valence-corrected chi connectivity index (χ1v) is 8.60. The molecule has 1 rings (SSSR count). The largest absolute Gasteiger partial charge is 0.311 e. The molecular weight excluding hydrogens is 246 g/mol. The van der Waals surface area contributed by atoms with Crippen molar-refractivity contribution in [2.24, 2.45) is 5.92 Å². The van der Waals surface area contributed by atoms with Crippen molar-refractivity contribution in [3.05, 3.63) is 0 Å². The van der Waals surface area contributed by atoms with Crippen LogP contribution in [0.25, 0.3) is 0 Å². The van der Waals surface area contributed by atoms with Gasteiger partial charge in [-0.05, 0) is 72.3 Å². The van der Waals surface area contributed by atoms with E-state index in [2.05, 4.69) is 50.0 Å². The summed E-state index contributed by atoms with van der Waals surface area (Å²) in [6, 6.07) is 1.43. The number of rotatable bonds is 9. The van der Waals surface area contributed by atoms with Crippen molar-refractivity contribution in [3.8, 4) is 0 Å². The first kappa shape index (κ1) is 17.9. The van der Waals surface area contributed by atoms with Gasteiger partial charge in [0, 0.05) is 18.6 Å². The monoisotopic (exact) mass is 283 g/mol. The van der Waals surface area contributed by atoms with Gasteiger partial charge in [-0.1, -0.05) is 20.3 Å². The Kier molecular flexibility index (Phi) is 8.74. The van der Waals surface area contributed by atoms with Crippen molar-refractivity contribution in [2.45, 2.75) is 65.0 Å². The smallest absolute Gasteiger partial charge is 0.00938 e. The van der Waals surface area contributed by atoms with E-state index in [4.69, 9.17) is 0 Å². The van der Waals surface area contributed by atoms with Crippen molar-refractivity contribution >= 4 is 0 Å². The zero-order valence-corrected chi connectivity index (χ0v) is 14.5. The van der Waals surface area contributed by atoms with Crippen molar-refractivity contribution in [2.75, 3.05) is 40.3 Å². The number of nitrogens with zero attached hydrogens (tertiary/aromatic N) is 2. The number of unbranched alkanes of at least 4 members (excludes halogenated alkanes) is 1. The maximum atomic E-state index is 3.84. The molecule has 0 aliphatic carbocycles. The molecule has 0 aromatic carbocycles. The third-order valence-corrected chi connectivity index (χ3v) is 4.22. The maximum absolute atomic E-state index is 3.84. The van der Waals surface area contributed by atoms with Gasteiger partial charge in [0.25, 0.3) is 0 Å². The quantitative estimate of drug-likeness (QED) is 0.657. The second kappa shape index (κ2) is 9.75. The Hall–Kier alpha value is -0.120. The Labute approximate surface area is 127 Å². The van der Waals surface area contributed by atoms with Crippen molar-refractivity contribution < 1.29 is 0 Å². The third-order valence-electron chi connectivity index (χ3n) is 4.22. The zero-order valence-electron chi connectivity index (χ0n) is 14.5. The molecule has 0 bridgehead atoms. The van der Waals surface area contributed by atoms with Crippen molar-refractivity contribution in [3.63, 3.8) is 0 Å². The van der Waals surface area contributed by atoms with Gasteiger partial charge in [-0.25, -0.2) is 0 Å². The van der Waals surface area contributed by atoms with Gasteiger partial charge >= 0.3 is 0 Å². The predicted octanol–water partition coefficient (Wildman–Crippen LogP) is 2.82. The summed E-state index contributed by atoms with van der Waals surface area (Å²) in [4.78, 5) is 4.91. The first-order chi connectivity index (χ1) is 9.47. The molecule has 1 aliphatic rings. The molecule has 120 valence electrons. The number of hydrogen-bond donors (Lipinski definition) is 1. The average Bonchev–Trinajstić information content (AvgIpc) is 2.36. The molecule has 1 N–H and O–H groups in total. The summed E-state index contributed by atoms with van der Waals surface area (Å²) in [5, 5.41) is 3.84. The molecule has 3 nitrogen and oxygen atoms in total. The second-order valence-electron chi connectivity index (χ2n) is 7.34. The Morgan fingerprint density at radius 2 is 1.75 bits per heavy atom. The zero-order chi connectivity index (χ0) is 15.0. The summed E-state index contributed by atoms with van der Waals surface area (Å²) in [5.41, 5.74) is 0. The number of nitrogens with one attached hydrogen (secondary N) is 1. The highest BCUT2D eigenvalue weighted by molar-refractivity contribution is 4.79. The Balaban J connectivity index is 2.07. The van der Waals surface area contributed by atoms with E-state index in [0.717, 1.165) is 12.0 Å². The van der Waals surface area contributed by atoms with E-state index in [1.165, 1.54) is 58.3 Å². The molecule has 0 spiro atoms. The summed E-state index contributed by atoms with van der Waals surface area (Å²) in [6.45, 7) is 12.1. The van der Waals surface area contributed by atoms with Crippen molar-refractivity contribution in [1.29, 1.82) is 0 Å². The van der Waals surface area contributed by atoms with Crippen LogP contribution in [0.2, 0.25) is 0 Å². The van der Waals surface area contributed by atoms with Crippen LogP contribution < -0.4 is 5.32 Å². The van der Waals surface area contributed by atoms with Gasteiger partial charge in [0.15, 0.2) is 0 Å². The highest BCUT2D eigenvalue weighted by Gasteiger charge is 2.20. The second-order valence-corrected chi connectivity index (χ2v) is 7.34. The van der Waals surface area contributed by atoms with Crippen LogP contribution in [-0.2, 0) is 0 Å². The lowest BCUT2D eigenvalue weighted by atomic mass is 10.0. The topological polar surface area (TPSA) is 18.5 Å². The minimum absolute atomic E-state index is 0.679. The highest BCUT2D eigenvalue weighted by Crippen LogP contribution is 2.13. The fourth-order valence-corrected chi connectivity index (χ4v) is 3.16. The molecule has 0 saturated carbocycles. The summed E-state index contributed by atoms with van der Waals surface area (Å²) in [6.07, 6.45) is 6.65. The van der Waals surface area contributed by atoms with Crippen LogP contribution >= 0.6 is 0 Å². The normalized spacial score (nSPS) is 19.9. The van der Waals surface area contributed by atoms with Gasteiger partial charge in [0.1, 0.15) is 0 Å². The molecule has 1 atom stereocenters. The molecule has 0 aromatic heterocycles. The minimum atomic E-state index is 0.679. The molecule has 1 aliphatic heterocycles. The molecule has 20 heavy (non-hydrogen) atoms. The molecule has 0 aromatic rings. The fourth-order valence-electron chi connectivity index (χ4n) is 3.16. The average molecular weight is 284 g/mol. The Morgan fingerprint density at radius 3 is 2.30 bits per heavy atom. The van der Waals surface area contributed by atoms with E-state index in [-0.39, 0.29) is 0 Å². The maximum Gasteiger partial charge on any atom is 0.00938 e. The fraction of sp³-hybridized carbons (Fsp3) is 1.00. The van der Waals surface area contributed by atoms with Gasteiger partial charge in [0.2, 0.25) is 0 Å². The standard InChI is InChI=1S/C17H37N3/c1-15(2)14-20-12-9-17(10-13-20)18-16(3)8-6-7-11-19(4)5/h15-18H,6-14H2,1-5H3. The van der Waals surface area contributed by atoms with E-state index < -0.39 is 0 Å². The number of piperidine rings is 1. The highest BCUT2D eigenvalue weighted by atomic mass is 15.1. The van der Waals surface area contributed by atoms with Crippen molar-refractivity contribution in [1.82, 2.24) is 15.1 Å². The van der Waals surface area contributed by atoms with Crippen LogP contribution in [0.4, 0.5) is 0 Å². The van der Waals surface area contributed by atoms with Gasteiger partial charge in [0.05, 0.1) is 0 Å². The van der Waals surface area contributed by atoms with Crippen LogP contribution in [0.5, 0.6) is 0 Å². The van der Waals surface area contributed by atoms with Crippen LogP contribution in [0.15, 0.2) is 0 Å². The SMILES string of the molecule is CC(C)CN1CCC(NC(C)CCCCN(C)C)CC1. The minimum Gasteiger partial charge on any atom is -0.311 e. The lowest BCUT2D eigenvalue weighted by molar-refractivity contribution is 0.174. The van der Waals surface area contributed by atoms with E-state index >= 15 is 0 Å². The third kappa shape index (κ3) is 8.23. The Bertz CT molecular complexity index is 232. The van der Waals surface area contributed by atoms with E-state index in [0.29, 0.717) is 6.04 Å². The summed E-state index contributed by atoms with van der Waals surface area (Å²) in [7, 11) is 4.32. The predicted molar refractivity (Wildman–Crippen MR) is 89.3 cm³/mol. The van der Waals surface area contributed by atoms with Crippen LogP contribution in [0, 0.1) is 5.92 Å². The molecule has 1 heterocycles. The lowest BCUT2D eigenvalue weighted by Gasteiger charge is -2.34. The van der Waals surface area contributed by atoms with Gasteiger partial charge < -0.3 is 15.1 Å². The van der Waals surface area contributed by atoms with E-state index in [9.17, 15) is 0 Å². The lowest BCUT2D eigenvalue weighted by Crippen LogP contribution is -2.46. The summed E-state index contributed by atoms with van der Waals surface area (Å²) in [5.74, 6) is 0.801. The molecule has 0 radical (unpaired) electrons. The first-order valence-electron chi connectivity index (χ1n) is 8.60. The number of hydrogen-bond acceptors (Lipinski definition) is 3. The summed E-state index contributed by atoms with van der Waals surface area (Å²) < 4.78 is 0. The van der Waals surface area contributed by atoms with Gasteiger partial charge in [-0.15, -0.1) is 0 Å². The van der Waals surface area contributed by atoms with Gasteiger partial charge in [-0.2, -0.15) is 0 Å². The summed E-state index contributed by atoms with van der Waals surface area (Å²) >= 11 is 0. The van der Waals surface area contributed by atoms with Crippen LogP contribution in [0.3, 0.4) is 0 Å². The Morgan fingerprint density at radius 1 is 1.10 bits per heavy atom. The van der Waals surface area contributed by atoms with E-state index in [1.54, 1.807) is 0 Å². The van der Waals surface area contributed by atoms with E-state index in [1.807, 2.05) is 0 Å². The molecule has 1 saturated heterocycles. The van der Waals surface area contributed by atoms with Gasteiger partial charge in [-0.3, -0.25) is 0 Å². The molecular formula is C17H37N3.